The van der Waals surface area contributed by atoms with E-state index >= 15 is 0 Å². The third-order valence-electron chi connectivity index (χ3n) is 8.29. The van der Waals surface area contributed by atoms with E-state index in [4.69, 9.17) is 39.8 Å². The number of carbonyl (C=O) groups is 5. The van der Waals surface area contributed by atoms with Gasteiger partial charge in [-0.2, -0.15) is 0 Å². The molecule has 62 heavy (non-hydrogen) atoms. The molecule has 20 heteroatoms. The molecule has 19 nitrogen and oxygen atoms in total. The first-order chi connectivity index (χ1) is 28.0. The predicted molar refractivity (Wildman–Crippen MR) is 223 cm³/mol. The number of aliphatic hydroxyl groups is 3. The topological polar surface area (TPSA) is 269 Å². The Morgan fingerprint density at radius 3 is 1.40 bits per heavy atom. The smallest absolute Gasteiger partial charge is 0.662 e. The number of nitrogens with one attached hydrogen (secondary N) is 1. The van der Waals surface area contributed by atoms with Crippen LogP contribution in [0.3, 0.4) is 0 Å². The average molecular weight is 893 g/mol. The number of likely N-dealkylation sites (tertiary alicyclic amines) is 2. The predicted octanol–water partition coefficient (Wildman–Crippen LogP) is 0.743. The normalized spacial score (nSPS) is 21.0. The van der Waals surface area contributed by atoms with Crippen LogP contribution < -0.4 is 45.9 Å². The zero-order valence-corrected chi connectivity index (χ0v) is 38.7. The van der Waals surface area contributed by atoms with Gasteiger partial charge in [0, 0.05) is 33.5 Å². The van der Waals surface area contributed by atoms with Gasteiger partial charge >= 0.3 is 54.1 Å². The second kappa shape index (κ2) is 30.9. The quantitative estimate of drug-likeness (QED) is 0.0527. The van der Waals surface area contributed by atoms with Gasteiger partial charge in [0.2, 0.25) is 0 Å². The van der Waals surface area contributed by atoms with Crippen LogP contribution in [0.5, 0.6) is 0 Å². The van der Waals surface area contributed by atoms with E-state index in [0.29, 0.717) is 25.6 Å². The van der Waals surface area contributed by atoms with Crippen LogP contribution in [0.15, 0.2) is 60.7 Å². The summed E-state index contributed by atoms with van der Waals surface area (Å²) in [5.41, 5.74) is 6.13. The van der Waals surface area contributed by atoms with Crippen molar-refractivity contribution in [2.45, 2.75) is 112 Å². The van der Waals surface area contributed by atoms with Crippen LogP contribution in [0.2, 0.25) is 0 Å². The maximum absolute atomic E-state index is 11.7. The number of benzene rings is 2. The Balaban J connectivity index is -0.000000750. The van der Waals surface area contributed by atoms with Crippen LogP contribution >= 0.6 is 0 Å². The summed E-state index contributed by atoms with van der Waals surface area (Å²) in [6, 6.07) is 18.6. The van der Waals surface area contributed by atoms with Crippen molar-refractivity contribution in [3.8, 4) is 0 Å². The van der Waals surface area contributed by atoms with Crippen molar-refractivity contribution in [3.63, 3.8) is 0 Å². The first-order valence-corrected chi connectivity index (χ1v) is 19.3. The standard InChI is InChI=1S/C13H17NO3.C12H16N2O3.C10H18O5.C5H11NO.CH2O3.CH4.Na.H2/c1-10-7-14(8-12(10)15)13(16)17-9-11-5-3-2-4-6-11;13-10-6-14(7-11(10)15)12(16)17-8-9-4-2-1-3-5-9;1-9(2,3)14-7(11)13-8(12)15-10(4,5)6;1-4-2-6-3-5(4)7;2-1-4-3;;;/h2-6,10,12,15H,7-9H2,1H3;1-5,10-11,15H,6-8,13H2;1-6H3;4-7H,2-3H2,1H3;1,3H;1H4;;1H/q;;;;;;+1;/p-1/t10-,12-;10-,11-;;4-,5-;;;;/m11.1..../s1. The van der Waals surface area contributed by atoms with E-state index in [0.717, 1.165) is 24.2 Å². The van der Waals surface area contributed by atoms with Crippen LogP contribution in [0, 0.1) is 11.8 Å². The summed E-state index contributed by atoms with van der Waals surface area (Å²) in [6.45, 7) is 17.6. The summed E-state index contributed by atoms with van der Waals surface area (Å²) in [5.74, 6) is 0.583. The first-order valence-electron chi connectivity index (χ1n) is 19.3. The number of ether oxygens (including phenoxy) is 5. The Morgan fingerprint density at radius 1 is 0.726 bits per heavy atom. The molecule has 0 unspecified atom stereocenters. The minimum absolute atomic E-state index is 0. The van der Waals surface area contributed by atoms with Gasteiger partial charge in [0.25, 0.3) is 6.47 Å². The molecule has 348 valence electrons. The number of aliphatic hydroxyl groups excluding tert-OH is 3. The number of hydrogen-bond acceptors (Lipinski definition) is 17. The van der Waals surface area contributed by atoms with Gasteiger partial charge in [-0.15, -0.1) is 0 Å². The van der Waals surface area contributed by atoms with Crippen molar-refractivity contribution >= 4 is 31.0 Å². The van der Waals surface area contributed by atoms with Crippen molar-refractivity contribution in [1.29, 1.82) is 0 Å². The Labute approximate surface area is 388 Å². The summed E-state index contributed by atoms with van der Waals surface area (Å²) < 4.78 is 24.1. The zero-order chi connectivity index (χ0) is 45.5. The molecular weight excluding hydrogens is 823 g/mol. The van der Waals surface area contributed by atoms with Gasteiger partial charge in [0.15, 0.2) is 0 Å². The molecule has 3 aliphatic heterocycles. The third-order valence-corrected chi connectivity index (χ3v) is 8.29. The van der Waals surface area contributed by atoms with Gasteiger partial charge in [0.1, 0.15) is 24.4 Å². The van der Waals surface area contributed by atoms with Crippen molar-refractivity contribution in [2.75, 3.05) is 39.3 Å². The molecule has 6 N–H and O–H groups in total. The molecule has 3 aliphatic rings. The monoisotopic (exact) mass is 892 g/mol. The number of rotatable bonds is 5. The zero-order valence-electron chi connectivity index (χ0n) is 36.7. The molecule has 0 aliphatic carbocycles. The second-order valence-corrected chi connectivity index (χ2v) is 16.1. The number of carbonyl (C=O) groups excluding carboxylic acids is 5. The number of nitrogens with two attached hydrogens (primary N) is 1. The number of amides is 2. The van der Waals surface area contributed by atoms with Crippen LogP contribution in [-0.4, -0.2) is 131 Å². The van der Waals surface area contributed by atoms with Crippen molar-refractivity contribution in [2.24, 2.45) is 17.6 Å². The molecule has 0 saturated carbocycles. The summed E-state index contributed by atoms with van der Waals surface area (Å²) in [6.07, 6.45) is -4.08. The first kappa shape index (κ1) is 60.0. The molecule has 0 radical (unpaired) electrons. The minimum Gasteiger partial charge on any atom is -0.662 e. The minimum atomic E-state index is -1.06. The van der Waals surface area contributed by atoms with E-state index in [1.54, 1.807) is 46.4 Å². The molecule has 0 spiro atoms. The maximum Gasteiger partial charge on any atom is 1.00 e. The molecule has 2 aromatic rings. The fourth-order valence-corrected chi connectivity index (χ4v) is 5.09. The van der Waals surface area contributed by atoms with E-state index in [-0.39, 0.29) is 88.8 Å². The molecule has 6 atom stereocenters. The summed E-state index contributed by atoms with van der Waals surface area (Å²) in [7, 11) is 0. The van der Waals surface area contributed by atoms with Crippen LogP contribution in [0.4, 0.5) is 19.2 Å². The van der Waals surface area contributed by atoms with Gasteiger partial charge in [-0.05, 0) is 58.6 Å². The summed E-state index contributed by atoms with van der Waals surface area (Å²) in [4.78, 5) is 59.6. The molecule has 3 saturated heterocycles. The maximum atomic E-state index is 11.7. The van der Waals surface area contributed by atoms with Crippen LogP contribution in [0.25, 0.3) is 0 Å². The van der Waals surface area contributed by atoms with Crippen molar-refractivity contribution in [3.05, 3.63) is 71.8 Å². The van der Waals surface area contributed by atoms with E-state index in [2.05, 4.69) is 14.9 Å². The largest absolute Gasteiger partial charge is 1.00 e. The van der Waals surface area contributed by atoms with E-state index < -0.39 is 41.8 Å². The third kappa shape index (κ3) is 27.1. The SMILES string of the molecule is C.CC(C)(C)OC(=O)OC(=O)OC(C)(C)C.C[C@@H]1CN(C(=O)OCc2ccccc2)C[C@H]1O.C[C@@H]1CNC[C@H]1O.N[C@@H]1CN(C(=O)OCc2ccccc2)C[C@H]1O.O=CO[O-].[HH].[Na+]. The molecular formula is C42H69N4NaO15. The van der Waals surface area contributed by atoms with Crippen LogP contribution in [-0.2, 0) is 46.6 Å². The summed E-state index contributed by atoms with van der Waals surface area (Å²) in [5, 5.41) is 39.4. The Hall–Kier alpha value is -4.05. The average Bonchev–Trinajstić information content (AvgIpc) is 3.85. The number of hydrogen-bond donors (Lipinski definition) is 5. The molecule has 3 heterocycles. The number of nitrogens with zero attached hydrogens (tertiary/aromatic N) is 2. The molecule has 2 amide bonds. The van der Waals surface area contributed by atoms with Gasteiger partial charge in [-0.25, -0.2) is 19.2 Å². The Bertz CT molecular complexity index is 1440. The van der Waals surface area contributed by atoms with Crippen molar-refractivity contribution < 1.29 is 104 Å². The summed E-state index contributed by atoms with van der Waals surface area (Å²) >= 11 is 0. The van der Waals surface area contributed by atoms with Gasteiger partial charge in [-0.3, -0.25) is 4.79 Å². The fraction of sp³-hybridized carbons (Fsp3) is 0.595. The van der Waals surface area contributed by atoms with Gasteiger partial charge < -0.3 is 70.0 Å². The van der Waals surface area contributed by atoms with Gasteiger partial charge in [-0.1, -0.05) is 81.9 Å². The second-order valence-electron chi connectivity index (χ2n) is 16.1. The van der Waals surface area contributed by atoms with E-state index in [1.807, 2.05) is 74.5 Å². The van der Waals surface area contributed by atoms with Gasteiger partial charge in [0.05, 0.1) is 37.4 Å². The van der Waals surface area contributed by atoms with E-state index in [1.165, 1.54) is 4.90 Å². The molecule has 0 bridgehead atoms. The van der Waals surface area contributed by atoms with E-state index in [9.17, 15) is 29.4 Å². The molecule has 0 aromatic heterocycles. The molecule has 3 fully saturated rings. The fourth-order valence-electron chi connectivity index (χ4n) is 5.09. The van der Waals surface area contributed by atoms with Crippen molar-refractivity contribution in [1.82, 2.24) is 15.1 Å². The molecule has 2 aromatic carbocycles. The van der Waals surface area contributed by atoms with Crippen LogP contribution in [0.1, 0.15) is 75.4 Å². The molecule has 5 rings (SSSR count). The Morgan fingerprint density at radius 2 is 1.13 bits per heavy atom. The Kier molecular flexibility index (Phi) is 29.9. The number of β-amino-alcohol motifs (C(OH)–C–C–N with tert-alkyl or cyclic N) is 3.